The Morgan fingerprint density at radius 1 is 0.742 bits per heavy atom. The molecule has 13 rings (SSSR count). The van der Waals surface area contributed by atoms with Crippen LogP contribution >= 0.6 is 0 Å². The fraction of sp³-hybridized carbons (Fsp3) is 0.262. The number of benzene rings is 4. The summed E-state index contributed by atoms with van der Waals surface area (Å²) in [7, 11) is 0. The second-order valence-electron chi connectivity index (χ2n) is 20.6. The normalized spacial score (nSPS) is 32.5. The molecule has 4 aromatic rings. The molecule has 324 valence electrons. The monoisotopic (exact) mass is 961 g/mol. The Bertz CT molecular complexity index is 3100. The number of anilines is 3. The van der Waals surface area contributed by atoms with Crippen LogP contribution in [-0.2, 0) is 10.2 Å². The van der Waals surface area contributed by atoms with Gasteiger partial charge in [0, 0.05) is 0 Å². The van der Waals surface area contributed by atoms with Crippen LogP contribution in [0.1, 0.15) is 78.4 Å². The maximum absolute atomic E-state index is 6.54. The van der Waals surface area contributed by atoms with Crippen LogP contribution in [0, 0.1) is 29.1 Å². The molecule has 4 heterocycles. The molecule has 1 N–H and O–H groups in total. The van der Waals surface area contributed by atoms with Gasteiger partial charge in [-0.2, -0.15) is 0 Å². The van der Waals surface area contributed by atoms with Gasteiger partial charge in [-0.1, -0.05) is 25.2 Å². The predicted octanol–water partition coefficient (Wildman–Crippen LogP) is 13.2. The Hall–Kier alpha value is -5.78. The van der Waals surface area contributed by atoms with Gasteiger partial charge in [0.15, 0.2) is 0 Å². The SMILES string of the molecule is CC1C=CC=C(N2C3=CC=C(c4ccc([CH]5[In]=[C](N6c7ccccc7C7(C)C=C(C8C=C9C(=CC8C)OC8C=CC=CC98C)C=CC67)Nc6ccccc65)cc4)C(C)C3c3ccccc32)C1. The molecule has 0 spiro atoms. The molecule has 0 amide bonds. The molecule has 10 unspecified atom stereocenters. The molecule has 4 aliphatic heterocycles. The van der Waals surface area contributed by atoms with Crippen molar-refractivity contribution >= 4 is 48.6 Å². The number of nitrogens with zero attached hydrogens (tertiary/aromatic N) is 2. The first-order valence-electron chi connectivity index (χ1n) is 24.3. The average molecular weight is 962 g/mol. The molecular formula is C61H56InN3O. The van der Waals surface area contributed by atoms with E-state index in [1.54, 1.807) is 0 Å². The van der Waals surface area contributed by atoms with Crippen LogP contribution in [0.25, 0.3) is 5.57 Å². The van der Waals surface area contributed by atoms with Crippen LogP contribution < -0.4 is 15.1 Å². The van der Waals surface area contributed by atoms with Gasteiger partial charge in [-0.3, -0.25) is 0 Å². The van der Waals surface area contributed by atoms with E-state index >= 15 is 0 Å². The molecule has 5 heteroatoms. The van der Waals surface area contributed by atoms with E-state index in [1.807, 2.05) is 0 Å². The Morgan fingerprint density at radius 3 is 2.38 bits per heavy atom. The zero-order valence-electron chi connectivity index (χ0n) is 38.5. The fourth-order valence-electron chi connectivity index (χ4n) is 13.2. The molecule has 66 heavy (non-hydrogen) atoms. The minimum atomic E-state index is -1.55. The van der Waals surface area contributed by atoms with Crippen LogP contribution in [-0.4, -0.2) is 38.1 Å². The van der Waals surface area contributed by atoms with Crippen molar-refractivity contribution in [1.29, 1.82) is 0 Å². The summed E-state index contributed by atoms with van der Waals surface area (Å²) in [5.41, 5.74) is 17.7. The van der Waals surface area contributed by atoms with E-state index in [1.165, 1.54) is 76.5 Å². The summed E-state index contributed by atoms with van der Waals surface area (Å²) in [6, 6.07) is 37.4. The van der Waals surface area contributed by atoms with Gasteiger partial charge >= 0.3 is 373 Å². The third kappa shape index (κ3) is 6.00. The van der Waals surface area contributed by atoms with E-state index in [0.29, 0.717) is 27.3 Å². The molecule has 4 aromatic carbocycles. The first-order valence-corrected chi connectivity index (χ1v) is 27.9. The summed E-state index contributed by atoms with van der Waals surface area (Å²) in [5.74, 6) is 2.91. The Morgan fingerprint density at radius 2 is 1.53 bits per heavy atom. The molecule has 0 radical (unpaired) electrons. The zero-order valence-corrected chi connectivity index (χ0v) is 41.8. The first kappa shape index (κ1) is 40.5. The molecular weight excluding hydrogens is 906 g/mol. The molecule has 1 saturated heterocycles. The van der Waals surface area contributed by atoms with Gasteiger partial charge in [-0.15, -0.1) is 0 Å². The number of para-hydroxylation sites is 3. The summed E-state index contributed by atoms with van der Waals surface area (Å²) in [4.78, 5) is 5.28. The van der Waals surface area contributed by atoms with Crippen molar-refractivity contribution in [2.75, 3.05) is 15.1 Å². The van der Waals surface area contributed by atoms with Crippen LogP contribution in [0.2, 0.25) is 0 Å². The number of allylic oxidation sites excluding steroid dienone is 15. The van der Waals surface area contributed by atoms with Gasteiger partial charge in [0.25, 0.3) is 0 Å². The van der Waals surface area contributed by atoms with Gasteiger partial charge in [0.05, 0.1) is 0 Å². The zero-order chi connectivity index (χ0) is 44.5. The van der Waals surface area contributed by atoms with E-state index in [0.717, 1.165) is 12.2 Å². The number of nitrogens with one attached hydrogen (secondary N) is 1. The molecule has 9 aliphatic rings. The van der Waals surface area contributed by atoms with Crippen molar-refractivity contribution in [2.24, 2.45) is 29.1 Å². The van der Waals surface area contributed by atoms with Crippen molar-refractivity contribution < 1.29 is 4.74 Å². The van der Waals surface area contributed by atoms with Crippen LogP contribution in [0.3, 0.4) is 0 Å². The number of fused-ring (bicyclic) bond motifs is 10. The second kappa shape index (κ2) is 15.1. The second-order valence-corrected chi connectivity index (χ2v) is 25.1. The molecule has 0 aromatic heterocycles. The number of ether oxygens (including phenoxy) is 1. The fourth-order valence-corrected chi connectivity index (χ4v) is 18.6. The first-order chi connectivity index (χ1) is 32.2. The van der Waals surface area contributed by atoms with Crippen molar-refractivity contribution in [3.63, 3.8) is 0 Å². The van der Waals surface area contributed by atoms with Crippen LogP contribution in [0.5, 0.6) is 0 Å². The van der Waals surface area contributed by atoms with E-state index < -0.39 is 22.4 Å². The van der Waals surface area contributed by atoms with E-state index in [4.69, 9.17) is 4.74 Å². The van der Waals surface area contributed by atoms with Gasteiger partial charge in [-0.05, 0) is 5.92 Å². The third-order valence-corrected chi connectivity index (χ3v) is 21.8. The van der Waals surface area contributed by atoms with E-state index in [9.17, 15) is 0 Å². The Labute approximate surface area is 401 Å². The van der Waals surface area contributed by atoms with Gasteiger partial charge < -0.3 is 0 Å². The Kier molecular flexibility index (Phi) is 9.28. The number of rotatable bonds is 5. The average Bonchev–Trinajstić information content (AvgIpc) is 3.93. The van der Waals surface area contributed by atoms with Crippen LogP contribution in [0.15, 0.2) is 210 Å². The summed E-state index contributed by atoms with van der Waals surface area (Å²) >= 11 is -1.55. The Balaban J connectivity index is 0.829. The topological polar surface area (TPSA) is 27.7 Å². The summed E-state index contributed by atoms with van der Waals surface area (Å²) in [6.45, 7) is 11.9. The van der Waals surface area contributed by atoms with Gasteiger partial charge in [0.2, 0.25) is 0 Å². The third-order valence-electron chi connectivity index (χ3n) is 16.6. The number of hydrogen-bond donors (Lipinski definition) is 1. The molecule has 0 bridgehead atoms. The van der Waals surface area contributed by atoms with E-state index in [2.05, 4.69) is 232 Å². The van der Waals surface area contributed by atoms with Crippen LogP contribution in [0.4, 0.5) is 17.1 Å². The van der Waals surface area contributed by atoms with E-state index in [-0.39, 0.29) is 28.9 Å². The minimum absolute atomic E-state index is 0.0595. The van der Waals surface area contributed by atoms with Crippen molar-refractivity contribution in [2.45, 2.75) is 68.2 Å². The summed E-state index contributed by atoms with van der Waals surface area (Å²) in [5, 5.41) is 4.10. The van der Waals surface area contributed by atoms with Gasteiger partial charge in [0.1, 0.15) is 0 Å². The molecule has 4 nitrogen and oxygen atoms in total. The van der Waals surface area contributed by atoms with Crippen molar-refractivity contribution in [3.05, 3.63) is 238 Å². The summed E-state index contributed by atoms with van der Waals surface area (Å²) in [6.07, 6.45) is 34.3. The standard InChI is InChI=1S/C61H56N3O.In/c1-39-15-14-17-46(33-39)64-53-21-10-7-18-48(53)59-41(3)47(29-30-55(59)64)43-26-24-42(25-27-43)35-44-16-6-9-20-52(44)62-38-63-54-22-11-8-19-50(54)61(5)37-45(28-31-57(61)63)49-36-51-56(34-40(49)2)65-58-23-12-13-32-60(51,58)4;/h6-32,34-37,39-41,49,57-59,62H,33H2,1-5H3;. The molecule has 10 atom stereocenters. The van der Waals surface area contributed by atoms with Gasteiger partial charge in [-0.25, -0.2) is 0 Å². The summed E-state index contributed by atoms with van der Waals surface area (Å²) < 4.78 is 8.39. The van der Waals surface area contributed by atoms with Crippen molar-refractivity contribution in [1.82, 2.24) is 0 Å². The number of hydrogen-bond acceptors (Lipinski definition) is 4. The molecule has 5 aliphatic carbocycles. The molecule has 1 fully saturated rings. The maximum atomic E-state index is 6.54. The van der Waals surface area contributed by atoms with Crippen molar-refractivity contribution in [3.8, 4) is 0 Å². The molecule has 0 saturated carbocycles. The predicted molar refractivity (Wildman–Crippen MR) is 274 cm³/mol. The quantitative estimate of drug-likeness (QED) is 0.216.